The maximum absolute atomic E-state index is 6.38. The van der Waals surface area contributed by atoms with Gasteiger partial charge in [-0.1, -0.05) is 51.1 Å². The fourth-order valence-electron chi connectivity index (χ4n) is 2.69. The molecule has 1 unspecified atom stereocenters. The Bertz CT molecular complexity index is 677. The number of aromatic nitrogens is 2. The minimum absolute atomic E-state index is 0.178. The first-order chi connectivity index (χ1) is 12.7. The molecule has 0 saturated heterocycles. The van der Waals surface area contributed by atoms with E-state index in [1.165, 1.54) is 16.8 Å². The molecular weight excluding hydrogens is 352 g/mol. The van der Waals surface area contributed by atoms with Crippen molar-refractivity contribution in [1.82, 2.24) is 10.2 Å². The highest BCUT2D eigenvalue weighted by Gasteiger charge is 2.37. The van der Waals surface area contributed by atoms with Gasteiger partial charge in [0.15, 0.2) is 8.32 Å². The van der Waals surface area contributed by atoms with Crippen molar-refractivity contribution < 1.29 is 9.16 Å². The molecule has 2 aromatic rings. The Hall–Kier alpha value is -1.43. The molecule has 0 aliphatic heterocycles. The number of hydrogen-bond donors (Lipinski definition) is 1. The first-order valence-electron chi connectivity index (χ1n) is 9.97. The van der Waals surface area contributed by atoms with Crippen LogP contribution in [0.3, 0.4) is 0 Å². The second-order valence-corrected chi connectivity index (χ2v) is 13.7. The van der Waals surface area contributed by atoms with Gasteiger partial charge in [0.2, 0.25) is 0 Å². The van der Waals surface area contributed by atoms with Crippen molar-refractivity contribution in [3.05, 3.63) is 53.3 Å². The highest BCUT2D eigenvalue weighted by Crippen LogP contribution is 2.36. The van der Waals surface area contributed by atoms with E-state index in [4.69, 9.17) is 9.16 Å². The van der Waals surface area contributed by atoms with E-state index in [0.29, 0.717) is 6.61 Å². The zero-order valence-electron chi connectivity index (χ0n) is 17.8. The van der Waals surface area contributed by atoms with Crippen molar-refractivity contribution in [3.8, 4) is 0 Å². The van der Waals surface area contributed by atoms with Gasteiger partial charge in [-0.2, -0.15) is 5.10 Å². The molecule has 2 rings (SSSR count). The minimum Gasteiger partial charge on any atom is -0.417 e. The lowest BCUT2D eigenvalue weighted by Gasteiger charge is -2.36. The number of nitrogens with one attached hydrogen (secondary N) is 1. The Morgan fingerprint density at radius 2 is 1.81 bits per heavy atom. The molecule has 1 aromatic carbocycles. The van der Waals surface area contributed by atoms with Crippen LogP contribution in [0.25, 0.3) is 0 Å². The zero-order chi connectivity index (χ0) is 19.9. The molecule has 1 atom stereocenters. The molecule has 0 spiro atoms. The summed E-state index contributed by atoms with van der Waals surface area (Å²) in [5.74, 6) is 0. The molecule has 0 saturated carbocycles. The molecule has 0 amide bonds. The van der Waals surface area contributed by atoms with Gasteiger partial charge >= 0.3 is 0 Å². The summed E-state index contributed by atoms with van der Waals surface area (Å²) in [6.07, 6.45) is 4.90. The SMILES string of the molecule is Cc1cn[nH]c1CCC(CCO[Si](C)(C)C(C)(C)C)OCc1ccccc1. The van der Waals surface area contributed by atoms with Gasteiger partial charge in [-0.25, -0.2) is 0 Å². The molecule has 4 nitrogen and oxygen atoms in total. The maximum atomic E-state index is 6.38. The summed E-state index contributed by atoms with van der Waals surface area (Å²) in [5, 5.41) is 7.47. The summed E-state index contributed by atoms with van der Waals surface area (Å²) >= 11 is 0. The average Bonchev–Trinajstić information content (AvgIpc) is 3.01. The first kappa shape index (κ1) is 21.9. The van der Waals surface area contributed by atoms with Crippen molar-refractivity contribution in [3.63, 3.8) is 0 Å². The predicted molar refractivity (Wildman–Crippen MR) is 114 cm³/mol. The molecule has 1 aromatic heterocycles. The highest BCUT2D eigenvalue weighted by atomic mass is 28.4. The third kappa shape index (κ3) is 6.90. The van der Waals surface area contributed by atoms with Crippen LogP contribution in [0.1, 0.15) is 50.4 Å². The van der Waals surface area contributed by atoms with E-state index >= 15 is 0 Å². The smallest absolute Gasteiger partial charge is 0.191 e. The summed E-state index contributed by atoms with van der Waals surface area (Å²) in [6, 6.07) is 10.4. The van der Waals surface area contributed by atoms with E-state index in [9.17, 15) is 0 Å². The number of aryl methyl sites for hydroxylation is 2. The van der Waals surface area contributed by atoms with Gasteiger partial charge in [0.05, 0.1) is 18.9 Å². The number of ether oxygens (including phenoxy) is 1. The quantitative estimate of drug-likeness (QED) is 0.535. The monoisotopic (exact) mass is 388 g/mol. The van der Waals surface area contributed by atoms with Crippen molar-refractivity contribution in [2.45, 2.75) is 77.8 Å². The van der Waals surface area contributed by atoms with E-state index in [1.807, 2.05) is 12.3 Å². The molecule has 1 N–H and O–H groups in total. The Labute approximate surface area is 165 Å². The number of aromatic amines is 1. The van der Waals surface area contributed by atoms with Gasteiger partial charge in [0.25, 0.3) is 0 Å². The molecule has 150 valence electrons. The minimum atomic E-state index is -1.72. The zero-order valence-corrected chi connectivity index (χ0v) is 18.8. The molecule has 0 fully saturated rings. The Balaban J connectivity index is 1.90. The van der Waals surface area contributed by atoms with Crippen LogP contribution in [0, 0.1) is 6.92 Å². The van der Waals surface area contributed by atoms with E-state index in [2.05, 4.69) is 75.3 Å². The number of rotatable bonds is 10. The summed E-state index contributed by atoms with van der Waals surface area (Å²) in [6.45, 7) is 15.0. The van der Waals surface area contributed by atoms with Crippen molar-refractivity contribution in [2.75, 3.05) is 6.61 Å². The lowest BCUT2D eigenvalue weighted by atomic mass is 10.1. The number of H-pyrrole nitrogens is 1. The predicted octanol–water partition coefficient (Wildman–Crippen LogP) is 5.65. The highest BCUT2D eigenvalue weighted by molar-refractivity contribution is 6.74. The van der Waals surface area contributed by atoms with Gasteiger partial charge < -0.3 is 9.16 Å². The van der Waals surface area contributed by atoms with Gasteiger partial charge in [-0.3, -0.25) is 5.10 Å². The van der Waals surface area contributed by atoms with E-state index in [-0.39, 0.29) is 11.1 Å². The molecule has 5 heteroatoms. The fraction of sp³-hybridized carbons (Fsp3) is 0.591. The molecule has 0 aliphatic rings. The lowest BCUT2D eigenvalue weighted by Crippen LogP contribution is -2.41. The third-order valence-electron chi connectivity index (χ3n) is 5.69. The molecule has 1 heterocycles. The Morgan fingerprint density at radius 3 is 2.41 bits per heavy atom. The van der Waals surface area contributed by atoms with Crippen LogP contribution in [-0.4, -0.2) is 31.2 Å². The molecular formula is C22H36N2O2Si. The fourth-order valence-corrected chi connectivity index (χ4v) is 3.75. The molecule has 0 radical (unpaired) electrons. The second-order valence-electron chi connectivity index (χ2n) is 8.89. The van der Waals surface area contributed by atoms with E-state index < -0.39 is 8.32 Å². The van der Waals surface area contributed by atoms with Crippen LogP contribution >= 0.6 is 0 Å². The summed E-state index contributed by atoms with van der Waals surface area (Å²) in [5.41, 5.74) is 3.63. The summed E-state index contributed by atoms with van der Waals surface area (Å²) in [4.78, 5) is 0. The van der Waals surface area contributed by atoms with Crippen LogP contribution < -0.4 is 0 Å². The molecule has 27 heavy (non-hydrogen) atoms. The summed E-state index contributed by atoms with van der Waals surface area (Å²) < 4.78 is 12.6. The number of nitrogens with zero attached hydrogens (tertiary/aromatic N) is 1. The van der Waals surface area contributed by atoms with Crippen molar-refractivity contribution in [1.29, 1.82) is 0 Å². The van der Waals surface area contributed by atoms with Crippen LogP contribution in [0.5, 0.6) is 0 Å². The lowest BCUT2D eigenvalue weighted by molar-refractivity contribution is 0.0201. The van der Waals surface area contributed by atoms with Gasteiger partial charge in [0.1, 0.15) is 0 Å². The van der Waals surface area contributed by atoms with Crippen LogP contribution in [0.2, 0.25) is 18.1 Å². The van der Waals surface area contributed by atoms with Gasteiger partial charge in [-0.15, -0.1) is 0 Å². The average molecular weight is 389 g/mol. The summed E-state index contributed by atoms with van der Waals surface area (Å²) in [7, 11) is -1.72. The molecule has 0 aliphatic carbocycles. The van der Waals surface area contributed by atoms with Crippen LogP contribution in [-0.2, 0) is 22.2 Å². The number of benzene rings is 1. The Kier molecular flexibility index (Phi) is 7.83. The molecule has 0 bridgehead atoms. The standard InChI is InChI=1S/C22H36N2O2Si/c1-18-16-23-24-21(18)13-12-20(25-17-19-10-8-7-9-11-19)14-15-26-27(5,6)22(2,3)4/h7-11,16,20H,12-15,17H2,1-6H3,(H,23,24). The van der Waals surface area contributed by atoms with Crippen molar-refractivity contribution >= 4 is 8.32 Å². The van der Waals surface area contributed by atoms with E-state index in [0.717, 1.165) is 25.9 Å². The second kappa shape index (κ2) is 9.67. The van der Waals surface area contributed by atoms with Crippen LogP contribution in [0.15, 0.2) is 36.5 Å². The van der Waals surface area contributed by atoms with Gasteiger partial charge in [-0.05, 0) is 55.4 Å². The van der Waals surface area contributed by atoms with Crippen LogP contribution in [0.4, 0.5) is 0 Å². The van der Waals surface area contributed by atoms with Gasteiger partial charge in [0, 0.05) is 12.3 Å². The first-order valence-corrected chi connectivity index (χ1v) is 12.9. The van der Waals surface area contributed by atoms with Crippen molar-refractivity contribution in [2.24, 2.45) is 0 Å². The topological polar surface area (TPSA) is 47.1 Å². The third-order valence-corrected chi connectivity index (χ3v) is 10.2. The Morgan fingerprint density at radius 1 is 1.11 bits per heavy atom. The number of hydrogen-bond acceptors (Lipinski definition) is 3. The maximum Gasteiger partial charge on any atom is 0.191 e. The van der Waals surface area contributed by atoms with E-state index in [1.54, 1.807) is 0 Å². The largest absolute Gasteiger partial charge is 0.417 e. The normalized spacial score (nSPS) is 13.7.